The van der Waals surface area contributed by atoms with Crippen molar-refractivity contribution < 1.29 is 0 Å². The number of hydrogen-bond acceptors (Lipinski definition) is 1. The monoisotopic (exact) mass is 495 g/mol. The molecule has 0 amide bonds. The highest BCUT2D eigenvalue weighted by atomic mass is 14.7. The molecule has 0 bridgehead atoms. The van der Waals surface area contributed by atoms with Crippen molar-refractivity contribution in [2.45, 2.75) is 52.4 Å². The van der Waals surface area contributed by atoms with E-state index in [1.165, 1.54) is 76.6 Å². The predicted octanol–water partition coefficient (Wildman–Crippen LogP) is 10.0. The van der Waals surface area contributed by atoms with Crippen LogP contribution in [0, 0.1) is 13.8 Å². The summed E-state index contributed by atoms with van der Waals surface area (Å²) >= 11 is 0. The van der Waals surface area contributed by atoms with Crippen LogP contribution >= 0.6 is 0 Å². The summed E-state index contributed by atoms with van der Waals surface area (Å²) in [5.74, 6) is 0. The number of benzene rings is 4. The van der Waals surface area contributed by atoms with E-state index in [0.29, 0.717) is 0 Å². The highest BCUT2D eigenvalue weighted by molar-refractivity contribution is 5.77. The van der Waals surface area contributed by atoms with Gasteiger partial charge in [0.1, 0.15) is 0 Å². The van der Waals surface area contributed by atoms with Gasteiger partial charge in [-0.2, -0.15) is 0 Å². The Hall–Kier alpha value is -3.97. The second kappa shape index (κ2) is 12.5. The van der Waals surface area contributed by atoms with Gasteiger partial charge in [-0.15, -0.1) is 0 Å². The number of hydrogen-bond donors (Lipinski definition) is 0. The molecule has 38 heavy (non-hydrogen) atoms. The Morgan fingerprint density at radius 3 is 1.84 bits per heavy atom. The average molecular weight is 496 g/mol. The lowest BCUT2D eigenvalue weighted by Crippen LogP contribution is -1.91. The zero-order chi connectivity index (χ0) is 26.2. The van der Waals surface area contributed by atoms with Crippen LogP contribution in [0.3, 0.4) is 0 Å². The Morgan fingerprint density at radius 1 is 0.474 bits per heavy atom. The van der Waals surface area contributed by atoms with Crippen LogP contribution in [0.15, 0.2) is 115 Å². The van der Waals surface area contributed by atoms with Crippen molar-refractivity contribution in [1.29, 1.82) is 0 Å². The molecule has 0 aliphatic heterocycles. The minimum atomic E-state index is 1.01. The summed E-state index contributed by atoms with van der Waals surface area (Å²) < 4.78 is 0. The first-order valence-electron chi connectivity index (χ1n) is 13.9. The van der Waals surface area contributed by atoms with E-state index in [1.807, 2.05) is 6.20 Å². The van der Waals surface area contributed by atoms with E-state index in [0.717, 1.165) is 17.7 Å². The van der Waals surface area contributed by atoms with Crippen LogP contribution in [0.4, 0.5) is 0 Å². The van der Waals surface area contributed by atoms with Crippen LogP contribution in [-0.2, 0) is 12.8 Å². The Labute approximate surface area is 228 Å². The van der Waals surface area contributed by atoms with Crippen molar-refractivity contribution in [1.82, 2.24) is 4.98 Å². The standard InChI is InChI=1S/C37H37N/c1-28-13-10-14-29(2)37(28)35-23-24-38-36(27-35)34-22-12-21-33(26-34)32-20-11-19-31(25-32)18-7-4-3-6-15-30-16-8-5-9-17-30/h5,8-14,16-17,19-27H,3-4,6-7,15,18H2,1-2H3. The molecule has 190 valence electrons. The number of unbranched alkanes of at least 4 members (excludes halogenated alkanes) is 3. The fourth-order valence-corrected chi connectivity index (χ4v) is 5.43. The van der Waals surface area contributed by atoms with E-state index in [4.69, 9.17) is 4.98 Å². The zero-order valence-electron chi connectivity index (χ0n) is 22.7. The van der Waals surface area contributed by atoms with Gasteiger partial charge in [0.05, 0.1) is 5.69 Å². The van der Waals surface area contributed by atoms with Crippen molar-refractivity contribution in [3.63, 3.8) is 0 Å². The number of nitrogens with zero attached hydrogens (tertiary/aromatic N) is 1. The van der Waals surface area contributed by atoms with Gasteiger partial charge in [-0.05, 0) is 102 Å². The Balaban J connectivity index is 1.24. The summed E-state index contributed by atoms with van der Waals surface area (Å²) in [5, 5.41) is 0. The molecule has 0 N–H and O–H groups in total. The summed E-state index contributed by atoms with van der Waals surface area (Å²) in [6, 6.07) is 39.5. The molecule has 0 saturated carbocycles. The average Bonchev–Trinajstić information content (AvgIpc) is 2.96. The molecule has 0 aliphatic carbocycles. The third-order valence-corrected chi connectivity index (χ3v) is 7.47. The number of pyridine rings is 1. The fraction of sp³-hybridized carbons (Fsp3) is 0.216. The maximum atomic E-state index is 4.73. The molecule has 4 aromatic carbocycles. The van der Waals surface area contributed by atoms with Gasteiger partial charge in [0.15, 0.2) is 0 Å². The molecule has 0 fully saturated rings. The summed E-state index contributed by atoms with van der Waals surface area (Å²) in [4.78, 5) is 4.73. The van der Waals surface area contributed by atoms with Crippen molar-refractivity contribution in [2.75, 3.05) is 0 Å². The molecule has 5 aromatic rings. The summed E-state index contributed by atoms with van der Waals surface area (Å²) in [6.07, 6.45) is 9.36. The van der Waals surface area contributed by atoms with Gasteiger partial charge < -0.3 is 0 Å². The Kier molecular flexibility index (Phi) is 8.46. The molecule has 0 spiro atoms. The van der Waals surface area contributed by atoms with Crippen LogP contribution in [-0.4, -0.2) is 4.98 Å². The van der Waals surface area contributed by atoms with Crippen molar-refractivity contribution in [2.24, 2.45) is 0 Å². The van der Waals surface area contributed by atoms with Gasteiger partial charge >= 0.3 is 0 Å². The molecule has 0 aliphatic rings. The maximum Gasteiger partial charge on any atom is 0.0708 e. The maximum absolute atomic E-state index is 4.73. The van der Waals surface area contributed by atoms with E-state index in [2.05, 4.69) is 123 Å². The normalized spacial score (nSPS) is 11.0. The van der Waals surface area contributed by atoms with Crippen LogP contribution in [0.1, 0.15) is 47.9 Å². The number of aryl methyl sites for hydroxylation is 4. The largest absolute Gasteiger partial charge is 0.256 e. The highest BCUT2D eigenvalue weighted by Gasteiger charge is 2.09. The lowest BCUT2D eigenvalue weighted by atomic mass is 9.94. The summed E-state index contributed by atoms with van der Waals surface area (Å²) in [5.41, 5.74) is 12.7. The second-order valence-electron chi connectivity index (χ2n) is 10.4. The molecule has 1 heteroatoms. The lowest BCUT2D eigenvalue weighted by molar-refractivity contribution is 0.640. The topological polar surface area (TPSA) is 12.9 Å². The molecule has 0 atom stereocenters. The van der Waals surface area contributed by atoms with Crippen molar-refractivity contribution in [3.05, 3.63) is 138 Å². The smallest absolute Gasteiger partial charge is 0.0708 e. The van der Waals surface area contributed by atoms with Gasteiger partial charge in [-0.25, -0.2) is 0 Å². The molecule has 1 aromatic heterocycles. The van der Waals surface area contributed by atoms with E-state index in [-0.39, 0.29) is 0 Å². The third-order valence-electron chi connectivity index (χ3n) is 7.47. The first kappa shape index (κ1) is 25.7. The van der Waals surface area contributed by atoms with Crippen LogP contribution < -0.4 is 0 Å². The van der Waals surface area contributed by atoms with E-state index in [1.54, 1.807) is 0 Å². The zero-order valence-corrected chi connectivity index (χ0v) is 22.7. The number of aromatic nitrogens is 1. The first-order chi connectivity index (χ1) is 18.7. The molecule has 0 unspecified atom stereocenters. The van der Waals surface area contributed by atoms with Crippen LogP contribution in [0.2, 0.25) is 0 Å². The van der Waals surface area contributed by atoms with Crippen molar-refractivity contribution in [3.8, 4) is 33.5 Å². The second-order valence-corrected chi connectivity index (χ2v) is 10.4. The first-order valence-corrected chi connectivity index (χ1v) is 13.9. The molecular formula is C37H37N. The third kappa shape index (κ3) is 6.47. The Bertz CT molecular complexity index is 1460. The summed E-state index contributed by atoms with van der Waals surface area (Å²) in [7, 11) is 0. The van der Waals surface area contributed by atoms with E-state index < -0.39 is 0 Å². The van der Waals surface area contributed by atoms with Gasteiger partial charge in [0.25, 0.3) is 0 Å². The van der Waals surface area contributed by atoms with Gasteiger partial charge in [-0.3, -0.25) is 4.98 Å². The predicted molar refractivity (Wildman–Crippen MR) is 162 cm³/mol. The van der Waals surface area contributed by atoms with Gasteiger partial charge in [0.2, 0.25) is 0 Å². The minimum absolute atomic E-state index is 1.01. The molecule has 0 saturated heterocycles. The molecular weight excluding hydrogens is 458 g/mol. The SMILES string of the molecule is Cc1cccc(C)c1-c1ccnc(-c2cccc(-c3cccc(CCCCCCc4ccccc4)c3)c2)c1. The van der Waals surface area contributed by atoms with E-state index >= 15 is 0 Å². The lowest BCUT2D eigenvalue weighted by Gasteiger charge is -2.12. The molecule has 5 rings (SSSR count). The molecule has 1 nitrogen and oxygen atoms in total. The van der Waals surface area contributed by atoms with Crippen LogP contribution in [0.5, 0.6) is 0 Å². The Morgan fingerprint density at radius 2 is 1.08 bits per heavy atom. The summed E-state index contributed by atoms with van der Waals surface area (Å²) in [6.45, 7) is 4.36. The van der Waals surface area contributed by atoms with Gasteiger partial charge in [0, 0.05) is 11.8 Å². The van der Waals surface area contributed by atoms with Crippen molar-refractivity contribution >= 4 is 0 Å². The minimum Gasteiger partial charge on any atom is -0.256 e. The van der Waals surface area contributed by atoms with Crippen LogP contribution in [0.25, 0.3) is 33.5 Å². The van der Waals surface area contributed by atoms with E-state index in [9.17, 15) is 0 Å². The molecule has 1 heterocycles. The molecule has 0 radical (unpaired) electrons. The quantitative estimate of drug-likeness (QED) is 0.176. The fourth-order valence-electron chi connectivity index (χ4n) is 5.43. The van der Waals surface area contributed by atoms with Gasteiger partial charge in [-0.1, -0.05) is 104 Å². The number of rotatable bonds is 10. The highest BCUT2D eigenvalue weighted by Crippen LogP contribution is 2.31.